The van der Waals surface area contributed by atoms with E-state index < -0.39 is 13.5 Å². The Morgan fingerprint density at radius 3 is 2.38 bits per heavy atom. The molecule has 0 aliphatic heterocycles. The van der Waals surface area contributed by atoms with Crippen molar-refractivity contribution in [2.45, 2.75) is 33.1 Å². The van der Waals surface area contributed by atoms with Gasteiger partial charge in [-0.3, -0.25) is 9.36 Å². The highest BCUT2D eigenvalue weighted by molar-refractivity contribution is 7.54. The Bertz CT molecular complexity index is 477. The van der Waals surface area contributed by atoms with Gasteiger partial charge in [0, 0.05) is 0 Å². The van der Waals surface area contributed by atoms with Crippen LogP contribution in [0.5, 0.6) is 0 Å². The molecule has 0 saturated carbocycles. The Morgan fingerprint density at radius 1 is 1.29 bits per heavy atom. The van der Waals surface area contributed by atoms with Gasteiger partial charge in [0.2, 0.25) is 0 Å². The fourth-order valence-corrected chi connectivity index (χ4v) is 4.22. The molecule has 120 valence electrons. The van der Waals surface area contributed by atoms with E-state index in [1.807, 2.05) is 0 Å². The average molecular weight is 318 g/mol. The van der Waals surface area contributed by atoms with Crippen molar-refractivity contribution in [1.82, 2.24) is 0 Å². The first kappa shape index (κ1) is 17.9. The van der Waals surface area contributed by atoms with E-state index in [1.54, 1.807) is 13.8 Å². The van der Waals surface area contributed by atoms with E-state index in [0.717, 1.165) is 18.4 Å². The van der Waals surface area contributed by atoms with Gasteiger partial charge in [-0.2, -0.15) is 0 Å². The second kappa shape index (κ2) is 8.32. The molecular weight excluding hydrogens is 295 g/mol. The summed E-state index contributed by atoms with van der Waals surface area (Å²) in [5.41, 5.74) is 6.96. The van der Waals surface area contributed by atoms with Crippen molar-refractivity contribution in [2.75, 3.05) is 26.5 Å². The molecule has 1 aliphatic carbocycles. The van der Waals surface area contributed by atoms with Gasteiger partial charge in [-0.25, -0.2) is 0 Å². The van der Waals surface area contributed by atoms with Crippen molar-refractivity contribution >= 4 is 19.2 Å². The minimum atomic E-state index is -3.20. The van der Waals surface area contributed by atoms with Crippen LogP contribution in [0.3, 0.4) is 0 Å². The predicted molar refractivity (Wildman–Crippen MR) is 80.2 cm³/mol. The van der Waals surface area contributed by atoms with Crippen LogP contribution in [0.15, 0.2) is 16.3 Å². The molecule has 7 nitrogen and oxygen atoms in total. The molecule has 0 aromatic heterocycles. The summed E-state index contributed by atoms with van der Waals surface area (Å²) in [4.78, 5) is 16.2. The summed E-state index contributed by atoms with van der Waals surface area (Å²) in [6.45, 7) is 4.12. The summed E-state index contributed by atoms with van der Waals surface area (Å²) in [6.07, 6.45) is 2.37. The third-order valence-electron chi connectivity index (χ3n) is 3.07. The first-order chi connectivity index (χ1) is 9.97. The number of carbonyl (C=O) groups is 1. The second-order valence-electron chi connectivity index (χ2n) is 4.53. The van der Waals surface area contributed by atoms with Crippen molar-refractivity contribution < 1.29 is 23.2 Å². The number of oxime groups is 1. The highest BCUT2D eigenvalue weighted by atomic mass is 31.2. The van der Waals surface area contributed by atoms with Gasteiger partial charge in [0.05, 0.1) is 19.4 Å². The smallest absolute Gasteiger partial charge is 0.334 e. The first-order valence-electron chi connectivity index (χ1n) is 6.97. The summed E-state index contributed by atoms with van der Waals surface area (Å²) in [5, 5.41) is 3.69. The summed E-state index contributed by atoms with van der Waals surface area (Å²) >= 11 is 0. The monoisotopic (exact) mass is 318 g/mol. The number of hydrogen-bond acceptors (Lipinski definition) is 6. The van der Waals surface area contributed by atoms with E-state index in [-0.39, 0.29) is 11.9 Å². The highest BCUT2D eigenvalue weighted by Crippen LogP contribution is 2.51. The molecule has 1 rings (SSSR count). The lowest BCUT2D eigenvalue weighted by molar-refractivity contribution is -0.112. The Kier molecular flexibility index (Phi) is 7.08. The molecule has 0 atom stereocenters. The van der Waals surface area contributed by atoms with Crippen LogP contribution in [0, 0.1) is 0 Å². The number of carbonyl (C=O) groups excluding carboxylic acids is 1. The maximum absolute atomic E-state index is 12.6. The Labute approximate surface area is 125 Å². The standard InChI is InChI=1S/C13H23N2O5P/c1-4-19-21(17,20-5-2)9-10-7-6-8-11(10)12(13(14)16)15-18-3/h4-9H2,1-3H3,(H2,14,16)/b15-12+. The number of nitrogens with two attached hydrogens (primary N) is 1. The lowest BCUT2D eigenvalue weighted by Crippen LogP contribution is -2.25. The van der Waals surface area contributed by atoms with E-state index in [4.69, 9.17) is 14.8 Å². The Hall–Kier alpha value is -1.17. The number of nitrogens with zero attached hydrogens (tertiary/aromatic N) is 1. The van der Waals surface area contributed by atoms with Crippen molar-refractivity contribution in [3.05, 3.63) is 11.1 Å². The van der Waals surface area contributed by atoms with Crippen molar-refractivity contribution in [3.63, 3.8) is 0 Å². The van der Waals surface area contributed by atoms with Crippen LogP contribution < -0.4 is 5.73 Å². The topological polar surface area (TPSA) is 100 Å². The molecule has 0 heterocycles. The molecule has 21 heavy (non-hydrogen) atoms. The minimum absolute atomic E-state index is 0.0875. The summed E-state index contributed by atoms with van der Waals surface area (Å²) in [6, 6.07) is 0. The SMILES string of the molecule is CCOP(=O)(CC1=C(/C(=N\OC)C(N)=O)CCC1)OCC. The third-order valence-corrected chi connectivity index (χ3v) is 5.14. The van der Waals surface area contributed by atoms with E-state index >= 15 is 0 Å². The molecule has 1 aliphatic rings. The maximum Gasteiger partial charge on any atom is 0.334 e. The molecular formula is C13H23N2O5P. The van der Waals surface area contributed by atoms with Crippen LogP contribution in [-0.4, -0.2) is 38.1 Å². The molecule has 0 aromatic carbocycles. The van der Waals surface area contributed by atoms with Crippen LogP contribution in [0.1, 0.15) is 33.1 Å². The summed E-state index contributed by atoms with van der Waals surface area (Å²) in [7, 11) is -1.85. The molecule has 0 aromatic rings. The van der Waals surface area contributed by atoms with E-state index in [1.165, 1.54) is 7.11 Å². The van der Waals surface area contributed by atoms with Crippen LogP contribution in [-0.2, 0) is 23.2 Å². The van der Waals surface area contributed by atoms with Crippen LogP contribution in [0.25, 0.3) is 0 Å². The number of allylic oxidation sites excluding steroid dienone is 1. The Morgan fingerprint density at radius 2 is 1.90 bits per heavy atom. The number of amides is 1. The van der Waals surface area contributed by atoms with Gasteiger partial charge < -0.3 is 19.6 Å². The predicted octanol–water partition coefficient (Wildman–Crippen LogP) is 2.22. The van der Waals surface area contributed by atoms with Gasteiger partial charge >= 0.3 is 7.60 Å². The van der Waals surface area contributed by atoms with Gasteiger partial charge in [0.15, 0.2) is 5.71 Å². The molecule has 1 amide bonds. The molecule has 2 N–H and O–H groups in total. The molecule has 0 radical (unpaired) electrons. The maximum atomic E-state index is 12.6. The Balaban J connectivity index is 3.07. The van der Waals surface area contributed by atoms with E-state index in [9.17, 15) is 9.36 Å². The van der Waals surface area contributed by atoms with Gasteiger partial charge in [-0.15, -0.1) is 0 Å². The van der Waals surface area contributed by atoms with Crippen LogP contribution in [0.2, 0.25) is 0 Å². The van der Waals surface area contributed by atoms with Crippen LogP contribution >= 0.6 is 7.60 Å². The van der Waals surface area contributed by atoms with Gasteiger partial charge in [0.1, 0.15) is 7.11 Å². The molecule has 0 saturated heterocycles. The largest absolute Gasteiger partial charge is 0.398 e. The molecule has 0 unspecified atom stereocenters. The molecule has 8 heteroatoms. The summed E-state index contributed by atoms with van der Waals surface area (Å²) < 4.78 is 23.2. The second-order valence-corrected chi connectivity index (χ2v) is 6.58. The first-order valence-corrected chi connectivity index (χ1v) is 8.70. The van der Waals surface area contributed by atoms with Gasteiger partial charge in [0.25, 0.3) is 5.91 Å². The van der Waals surface area contributed by atoms with E-state index in [0.29, 0.717) is 25.2 Å². The zero-order valence-electron chi connectivity index (χ0n) is 12.8. The zero-order valence-corrected chi connectivity index (χ0v) is 13.7. The lowest BCUT2D eigenvalue weighted by Gasteiger charge is -2.18. The van der Waals surface area contributed by atoms with Crippen molar-refractivity contribution in [3.8, 4) is 0 Å². The normalized spacial score (nSPS) is 16.4. The van der Waals surface area contributed by atoms with Crippen molar-refractivity contribution in [2.24, 2.45) is 10.9 Å². The van der Waals surface area contributed by atoms with E-state index in [2.05, 4.69) is 9.99 Å². The summed E-state index contributed by atoms with van der Waals surface area (Å²) in [5.74, 6) is -0.658. The van der Waals surface area contributed by atoms with Gasteiger partial charge in [-0.1, -0.05) is 10.7 Å². The zero-order chi connectivity index (χ0) is 15.9. The van der Waals surface area contributed by atoms with Crippen LogP contribution in [0.4, 0.5) is 0 Å². The molecule has 0 fully saturated rings. The molecule has 0 spiro atoms. The van der Waals surface area contributed by atoms with Crippen molar-refractivity contribution in [1.29, 1.82) is 0 Å². The van der Waals surface area contributed by atoms with Gasteiger partial charge in [-0.05, 0) is 38.7 Å². The minimum Gasteiger partial charge on any atom is -0.398 e. The third kappa shape index (κ3) is 4.95. The fourth-order valence-electron chi connectivity index (χ4n) is 2.36. The quantitative estimate of drug-likeness (QED) is 0.399. The average Bonchev–Trinajstić information content (AvgIpc) is 2.83. The number of hydrogen-bond donors (Lipinski definition) is 1. The number of primary amides is 1. The fraction of sp³-hybridized carbons (Fsp3) is 0.692. The number of rotatable bonds is 9. The highest BCUT2D eigenvalue weighted by Gasteiger charge is 2.31. The lowest BCUT2D eigenvalue weighted by atomic mass is 10.1. The molecule has 0 bridgehead atoms.